The maximum absolute atomic E-state index is 12.9. The van der Waals surface area contributed by atoms with Crippen LogP contribution in [0.15, 0.2) is 0 Å². The molecular formula is C12H27O6P3. The molecular weight excluding hydrogens is 333 g/mol. The Bertz CT molecular complexity index is 428. The van der Waals surface area contributed by atoms with Crippen LogP contribution in [0.2, 0.25) is 0 Å². The van der Waals surface area contributed by atoms with E-state index in [9.17, 15) is 13.7 Å². The van der Waals surface area contributed by atoms with E-state index in [2.05, 4.69) is 0 Å². The predicted molar refractivity (Wildman–Crippen MR) is 85.9 cm³/mol. The first-order chi connectivity index (χ1) is 9.80. The summed E-state index contributed by atoms with van der Waals surface area (Å²) < 4.78 is 54.5. The molecule has 6 nitrogen and oxygen atoms in total. The summed E-state index contributed by atoms with van der Waals surface area (Å²) in [5, 5.41) is 0. The third-order valence-electron chi connectivity index (χ3n) is 3.01. The molecule has 1 heterocycles. The molecule has 1 rings (SSSR count). The lowest BCUT2D eigenvalue weighted by molar-refractivity contribution is 0.260. The standard InChI is InChI=1S/C12H27O6P3/c1-4-9-19(13)12-7-8-16-20(14,10-5-2)18-21(15,17-19)11-6-3/h4-12H2,1-3H3. The molecule has 1 aliphatic heterocycles. The van der Waals surface area contributed by atoms with Crippen molar-refractivity contribution in [1.29, 1.82) is 0 Å². The van der Waals surface area contributed by atoms with Gasteiger partial charge in [-0.15, -0.1) is 0 Å². The molecule has 0 aromatic rings. The van der Waals surface area contributed by atoms with Crippen molar-refractivity contribution < 1.29 is 26.8 Å². The van der Waals surface area contributed by atoms with Crippen molar-refractivity contribution in [1.82, 2.24) is 0 Å². The van der Waals surface area contributed by atoms with Gasteiger partial charge in [-0.05, 0) is 25.7 Å². The second-order valence-electron chi connectivity index (χ2n) is 5.28. The Morgan fingerprint density at radius 3 is 1.95 bits per heavy atom. The Labute approximate surface area is 127 Å². The van der Waals surface area contributed by atoms with Gasteiger partial charge in [0, 0.05) is 12.3 Å². The molecule has 0 aromatic carbocycles. The van der Waals surface area contributed by atoms with Crippen molar-refractivity contribution in [3.05, 3.63) is 0 Å². The molecule has 0 N–H and O–H groups in total. The lowest BCUT2D eigenvalue weighted by Crippen LogP contribution is -2.02. The van der Waals surface area contributed by atoms with Crippen LogP contribution < -0.4 is 0 Å². The summed E-state index contributed by atoms with van der Waals surface area (Å²) in [6, 6.07) is 0. The van der Waals surface area contributed by atoms with Gasteiger partial charge in [0.05, 0.1) is 18.9 Å². The van der Waals surface area contributed by atoms with E-state index in [-0.39, 0.29) is 18.9 Å². The van der Waals surface area contributed by atoms with Gasteiger partial charge in [0.25, 0.3) is 0 Å². The van der Waals surface area contributed by atoms with Gasteiger partial charge in [-0.1, -0.05) is 20.8 Å². The SMILES string of the molecule is CCCP1(=O)CCCOP(=O)(CCC)OP(=O)(CCC)O1. The van der Waals surface area contributed by atoms with Crippen LogP contribution in [0.5, 0.6) is 0 Å². The fourth-order valence-electron chi connectivity index (χ4n) is 2.23. The van der Waals surface area contributed by atoms with Crippen LogP contribution in [0, 0.1) is 0 Å². The molecule has 0 spiro atoms. The van der Waals surface area contributed by atoms with Gasteiger partial charge in [-0.2, -0.15) is 0 Å². The minimum absolute atomic E-state index is 0.109. The van der Waals surface area contributed by atoms with Crippen LogP contribution >= 0.6 is 22.6 Å². The fraction of sp³-hybridized carbons (Fsp3) is 1.00. The van der Waals surface area contributed by atoms with Crippen molar-refractivity contribution in [3.8, 4) is 0 Å². The third kappa shape index (κ3) is 6.29. The van der Waals surface area contributed by atoms with Crippen LogP contribution in [-0.2, 0) is 26.8 Å². The van der Waals surface area contributed by atoms with Gasteiger partial charge < -0.3 is 4.52 Å². The van der Waals surface area contributed by atoms with Crippen LogP contribution in [0.25, 0.3) is 0 Å². The number of rotatable bonds is 6. The smallest absolute Gasteiger partial charge is 0.308 e. The molecule has 0 bridgehead atoms. The maximum Gasteiger partial charge on any atom is 0.343 e. The Balaban J connectivity index is 3.08. The second kappa shape index (κ2) is 8.43. The lowest BCUT2D eigenvalue weighted by Gasteiger charge is -2.25. The van der Waals surface area contributed by atoms with Crippen LogP contribution in [0.1, 0.15) is 46.5 Å². The molecule has 126 valence electrons. The van der Waals surface area contributed by atoms with E-state index >= 15 is 0 Å². The Hall–Kier alpha value is 0.570. The quantitative estimate of drug-likeness (QED) is 0.595. The van der Waals surface area contributed by atoms with E-state index in [0.717, 1.165) is 0 Å². The van der Waals surface area contributed by atoms with Crippen LogP contribution in [0.3, 0.4) is 0 Å². The maximum atomic E-state index is 12.9. The highest BCUT2D eigenvalue weighted by molar-refractivity contribution is 7.74. The second-order valence-corrected chi connectivity index (χ2v) is 12.7. The minimum Gasteiger partial charge on any atom is -0.308 e. The monoisotopic (exact) mass is 360 g/mol. The lowest BCUT2D eigenvalue weighted by atomic mass is 10.5. The predicted octanol–water partition coefficient (Wildman–Crippen LogP) is 5.33. The number of hydrogen-bond acceptors (Lipinski definition) is 6. The third-order valence-corrected chi connectivity index (χ3v) is 11.9. The summed E-state index contributed by atoms with van der Waals surface area (Å²) in [4.78, 5) is 0. The highest BCUT2D eigenvalue weighted by Crippen LogP contribution is 2.72. The van der Waals surface area contributed by atoms with Crippen molar-refractivity contribution in [3.63, 3.8) is 0 Å². The van der Waals surface area contributed by atoms with Gasteiger partial charge in [0.1, 0.15) is 0 Å². The van der Waals surface area contributed by atoms with Gasteiger partial charge in [-0.25, -0.2) is 4.31 Å². The topological polar surface area (TPSA) is 78.9 Å². The van der Waals surface area contributed by atoms with Gasteiger partial charge in [0.2, 0.25) is 7.37 Å². The Morgan fingerprint density at radius 2 is 1.38 bits per heavy atom. The van der Waals surface area contributed by atoms with E-state index < -0.39 is 22.6 Å². The normalized spacial score (nSPS) is 38.4. The fourth-order valence-corrected chi connectivity index (χ4v) is 10.9. The van der Waals surface area contributed by atoms with E-state index in [1.54, 1.807) is 0 Å². The molecule has 1 aliphatic rings. The first-order valence-electron chi connectivity index (χ1n) is 7.64. The highest BCUT2D eigenvalue weighted by atomic mass is 31.3. The van der Waals surface area contributed by atoms with E-state index in [1.807, 2.05) is 20.8 Å². The highest BCUT2D eigenvalue weighted by Gasteiger charge is 2.42. The summed E-state index contributed by atoms with van der Waals surface area (Å²) in [5.74, 6) is 0. The molecule has 0 radical (unpaired) electrons. The molecule has 1 fully saturated rings. The Morgan fingerprint density at radius 1 is 0.810 bits per heavy atom. The molecule has 3 atom stereocenters. The van der Waals surface area contributed by atoms with Crippen molar-refractivity contribution in [2.45, 2.75) is 46.5 Å². The average molecular weight is 360 g/mol. The summed E-state index contributed by atoms with van der Waals surface area (Å²) in [5.41, 5.74) is 0. The largest absolute Gasteiger partial charge is 0.343 e. The van der Waals surface area contributed by atoms with E-state index in [0.29, 0.717) is 38.0 Å². The molecule has 1 saturated heterocycles. The summed E-state index contributed by atoms with van der Waals surface area (Å²) >= 11 is 0. The molecule has 0 saturated carbocycles. The van der Waals surface area contributed by atoms with Gasteiger partial charge in [0.15, 0.2) is 0 Å². The van der Waals surface area contributed by atoms with Gasteiger partial charge in [-0.3, -0.25) is 18.0 Å². The zero-order valence-electron chi connectivity index (χ0n) is 13.2. The first-order valence-corrected chi connectivity index (χ1v) is 13.1. The molecule has 0 amide bonds. The first kappa shape index (κ1) is 19.6. The molecule has 0 aromatic heterocycles. The molecule has 0 aliphatic carbocycles. The minimum atomic E-state index is -3.67. The van der Waals surface area contributed by atoms with Gasteiger partial charge >= 0.3 is 15.2 Å². The van der Waals surface area contributed by atoms with Crippen molar-refractivity contribution in [2.75, 3.05) is 31.3 Å². The zero-order chi connectivity index (χ0) is 16.0. The van der Waals surface area contributed by atoms with Crippen LogP contribution in [0.4, 0.5) is 0 Å². The molecule has 9 heteroatoms. The molecule has 21 heavy (non-hydrogen) atoms. The molecule has 3 unspecified atom stereocenters. The van der Waals surface area contributed by atoms with E-state index in [4.69, 9.17) is 13.1 Å². The van der Waals surface area contributed by atoms with E-state index in [1.165, 1.54) is 0 Å². The van der Waals surface area contributed by atoms with Crippen molar-refractivity contribution in [2.24, 2.45) is 0 Å². The van der Waals surface area contributed by atoms with Crippen molar-refractivity contribution >= 4 is 22.6 Å². The van der Waals surface area contributed by atoms with Crippen LogP contribution in [-0.4, -0.2) is 31.3 Å². The Kier molecular flexibility index (Phi) is 7.87. The summed E-state index contributed by atoms with van der Waals surface area (Å²) in [6.07, 6.45) is 3.25. The zero-order valence-corrected chi connectivity index (χ0v) is 15.8. The number of hydrogen-bond donors (Lipinski definition) is 0. The summed E-state index contributed by atoms with van der Waals surface area (Å²) in [7, 11) is -10.1. The average Bonchev–Trinajstić information content (AvgIpc) is 2.38. The summed E-state index contributed by atoms with van der Waals surface area (Å²) in [6.45, 7) is 5.78.